The Morgan fingerprint density at radius 3 is 2.89 bits per heavy atom. The van der Waals surface area contributed by atoms with Crippen LogP contribution in [0.15, 0.2) is 18.2 Å². The van der Waals surface area contributed by atoms with Gasteiger partial charge >= 0.3 is 0 Å². The van der Waals surface area contributed by atoms with Gasteiger partial charge in [0.25, 0.3) is 0 Å². The molecule has 0 spiro atoms. The van der Waals surface area contributed by atoms with Crippen molar-refractivity contribution in [1.29, 1.82) is 0 Å². The third kappa shape index (κ3) is 3.06. The van der Waals surface area contributed by atoms with Gasteiger partial charge in [0, 0.05) is 24.7 Å². The van der Waals surface area contributed by atoms with E-state index in [1.54, 1.807) is 0 Å². The van der Waals surface area contributed by atoms with Gasteiger partial charge < -0.3 is 5.73 Å². The molecule has 100 valence electrons. The number of hydrogen-bond donors (Lipinski definition) is 1. The lowest BCUT2D eigenvalue weighted by Crippen LogP contribution is -2.46. The summed E-state index contributed by atoms with van der Waals surface area (Å²) in [5.41, 5.74) is 6.47. The molecule has 4 heteroatoms. The third-order valence-electron chi connectivity index (χ3n) is 3.80. The van der Waals surface area contributed by atoms with E-state index in [1.165, 1.54) is 12.1 Å². The predicted octanol–water partition coefficient (Wildman–Crippen LogP) is 2.52. The number of hydrogen-bond acceptors (Lipinski definition) is 2. The largest absolute Gasteiger partial charge is 0.327 e. The van der Waals surface area contributed by atoms with Crippen molar-refractivity contribution in [3.8, 4) is 0 Å². The Balaban J connectivity index is 2.03. The molecule has 0 bridgehead atoms. The van der Waals surface area contributed by atoms with Crippen LogP contribution in [-0.4, -0.2) is 24.0 Å². The Labute approximate surface area is 107 Å². The number of piperidine rings is 1. The number of halogens is 2. The quantitative estimate of drug-likeness (QED) is 0.898. The highest BCUT2D eigenvalue weighted by Gasteiger charge is 2.25. The van der Waals surface area contributed by atoms with Gasteiger partial charge in [0.05, 0.1) is 0 Å². The first kappa shape index (κ1) is 13.4. The van der Waals surface area contributed by atoms with E-state index in [4.69, 9.17) is 5.73 Å². The van der Waals surface area contributed by atoms with E-state index in [9.17, 15) is 8.78 Å². The maximum atomic E-state index is 13.6. The summed E-state index contributed by atoms with van der Waals surface area (Å²) >= 11 is 0. The van der Waals surface area contributed by atoms with Gasteiger partial charge in [-0.05, 0) is 37.1 Å². The zero-order valence-corrected chi connectivity index (χ0v) is 10.7. The van der Waals surface area contributed by atoms with Gasteiger partial charge in [-0.3, -0.25) is 4.90 Å². The second kappa shape index (κ2) is 5.76. The molecule has 1 heterocycles. The van der Waals surface area contributed by atoms with Crippen LogP contribution in [0.25, 0.3) is 0 Å². The molecule has 1 fully saturated rings. The minimum atomic E-state index is -0.382. The first-order valence-corrected chi connectivity index (χ1v) is 6.52. The van der Waals surface area contributed by atoms with E-state index in [-0.39, 0.29) is 17.7 Å². The van der Waals surface area contributed by atoms with E-state index in [2.05, 4.69) is 11.8 Å². The van der Waals surface area contributed by atoms with Crippen LogP contribution in [0.2, 0.25) is 0 Å². The molecule has 2 nitrogen and oxygen atoms in total. The summed E-state index contributed by atoms with van der Waals surface area (Å²) in [6, 6.07) is 3.87. The lowest BCUT2D eigenvalue weighted by Gasteiger charge is -2.36. The molecule has 1 aromatic rings. The molecule has 2 rings (SSSR count). The van der Waals surface area contributed by atoms with Gasteiger partial charge in [0.2, 0.25) is 0 Å². The first-order valence-electron chi connectivity index (χ1n) is 6.52. The van der Waals surface area contributed by atoms with Crippen LogP contribution in [0.4, 0.5) is 8.78 Å². The molecular weight excluding hydrogens is 234 g/mol. The highest BCUT2D eigenvalue weighted by Crippen LogP contribution is 2.21. The molecule has 0 saturated carbocycles. The van der Waals surface area contributed by atoms with Crippen molar-refractivity contribution in [2.24, 2.45) is 11.7 Å². The Morgan fingerprint density at radius 2 is 2.17 bits per heavy atom. The molecule has 0 aliphatic carbocycles. The molecule has 2 atom stereocenters. The van der Waals surface area contributed by atoms with Crippen LogP contribution in [0, 0.1) is 17.6 Å². The highest BCUT2D eigenvalue weighted by atomic mass is 19.1. The van der Waals surface area contributed by atoms with E-state index in [0.29, 0.717) is 18.0 Å². The molecule has 1 aliphatic rings. The molecular formula is C14H20F2N2. The van der Waals surface area contributed by atoms with Crippen molar-refractivity contribution in [2.45, 2.75) is 32.4 Å². The average molecular weight is 254 g/mol. The summed E-state index contributed by atoms with van der Waals surface area (Å²) in [6.07, 6.45) is 1.96. The Kier molecular flexibility index (Phi) is 4.30. The third-order valence-corrected chi connectivity index (χ3v) is 3.80. The van der Waals surface area contributed by atoms with Gasteiger partial charge in [0.1, 0.15) is 11.6 Å². The van der Waals surface area contributed by atoms with Gasteiger partial charge in [-0.25, -0.2) is 8.78 Å². The number of likely N-dealkylation sites (tertiary alicyclic amines) is 1. The molecule has 0 radical (unpaired) electrons. The van der Waals surface area contributed by atoms with Crippen LogP contribution < -0.4 is 5.73 Å². The first-order chi connectivity index (χ1) is 8.60. The van der Waals surface area contributed by atoms with Crippen molar-refractivity contribution in [2.75, 3.05) is 13.1 Å². The normalized spacial score (nSPS) is 25.3. The van der Waals surface area contributed by atoms with Crippen molar-refractivity contribution in [3.05, 3.63) is 35.4 Å². The summed E-state index contributed by atoms with van der Waals surface area (Å²) < 4.78 is 26.7. The summed E-state index contributed by atoms with van der Waals surface area (Å²) in [7, 11) is 0. The summed E-state index contributed by atoms with van der Waals surface area (Å²) in [5, 5.41) is 0. The van der Waals surface area contributed by atoms with Gasteiger partial charge in [-0.1, -0.05) is 13.3 Å². The molecule has 2 N–H and O–H groups in total. The molecule has 18 heavy (non-hydrogen) atoms. The Morgan fingerprint density at radius 1 is 1.39 bits per heavy atom. The van der Waals surface area contributed by atoms with Crippen molar-refractivity contribution >= 4 is 0 Å². The number of rotatable bonds is 3. The minimum Gasteiger partial charge on any atom is -0.327 e. The number of nitrogens with two attached hydrogens (primary N) is 1. The molecule has 1 saturated heterocycles. The topological polar surface area (TPSA) is 29.3 Å². The van der Waals surface area contributed by atoms with Crippen molar-refractivity contribution in [3.63, 3.8) is 0 Å². The van der Waals surface area contributed by atoms with Gasteiger partial charge in [-0.15, -0.1) is 0 Å². The predicted molar refractivity (Wildman–Crippen MR) is 68.0 cm³/mol. The average Bonchev–Trinajstić information content (AvgIpc) is 2.36. The maximum absolute atomic E-state index is 13.6. The molecule has 2 unspecified atom stereocenters. The SMILES string of the molecule is CCC1CN(Cc2cc(F)ccc2F)CCC1N. The molecule has 1 aliphatic heterocycles. The van der Waals surface area contributed by atoms with Crippen LogP contribution in [0.3, 0.4) is 0 Å². The van der Waals surface area contributed by atoms with Crippen LogP contribution in [0.1, 0.15) is 25.3 Å². The fourth-order valence-corrected chi connectivity index (χ4v) is 2.61. The van der Waals surface area contributed by atoms with Crippen LogP contribution >= 0.6 is 0 Å². The standard InChI is InChI=1S/C14H20F2N2/c1-2-10-8-18(6-5-14(10)17)9-11-7-12(15)3-4-13(11)16/h3-4,7,10,14H,2,5-6,8-9,17H2,1H3. The summed E-state index contributed by atoms with van der Waals surface area (Å²) in [6.45, 7) is 4.31. The monoisotopic (exact) mass is 254 g/mol. The van der Waals surface area contributed by atoms with E-state index in [1.807, 2.05) is 0 Å². The zero-order valence-electron chi connectivity index (χ0n) is 10.7. The highest BCUT2D eigenvalue weighted by molar-refractivity contribution is 5.18. The lowest BCUT2D eigenvalue weighted by molar-refractivity contribution is 0.144. The van der Waals surface area contributed by atoms with E-state index in [0.717, 1.165) is 32.0 Å². The Hall–Kier alpha value is -1.00. The second-order valence-corrected chi connectivity index (χ2v) is 5.09. The van der Waals surface area contributed by atoms with E-state index >= 15 is 0 Å². The van der Waals surface area contributed by atoms with Crippen molar-refractivity contribution in [1.82, 2.24) is 4.90 Å². The second-order valence-electron chi connectivity index (χ2n) is 5.09. The Bertz CT molecular complexity index is 409. The van der Waals surface area contributed by atoms with Gasteiger partial charge in [-0.2, -0.15) is 0 Å². The van der Waals surface area contributed by atoms with Gasteiger partial charge in [0.15, 0.2) is 0 Å². The van der Waals surface area contributed by atoms with E-state index < -0.39 is 0 Å². The smallest absolute Gasteiger partial charge is 0.127 e. The maximum Gasteiger partial charge on any atom is 0.127 e. The molecule has 1 aromatic carbocycles. The summed E-state index contributed by atoms with van der Waals surface area (Å²) in [4.78, 5) is 2.16. The zero-order chi connectivity index (χ0) is 13.1. The lowest BCUT2D eigenvalue weighted by atomic mass is 9.90. The van der Waals surface area contributed by atoms with Crippen LogP contribution in [0.5, 0.6) is 0 Å². The summed E-state index contributed by atoms with van der Waals surface area (Å²) in [5.74, 6) is -0.262. The molecule has 0 amide bonds. The number of benzene rings is 1. The molecule has 0 aromatic heterocycles. The minimum absolute atomic E-state index is 0.239. The number of nitrogens with zero attached hydrogens (tertiary/aromatic N) is 1. The van der Waals surface area contributed by atoms with Crippen molar-refractivity contribution < 1.29 is 8.78 Å². The fraction of sp³-hybridized carbons (Fsp3) is 0.571. The fourth-order valence-electron chi connectivity index (χ4n) is 2.61. The van der Waals surface area contributed by atoms with Crippen LogP contribution in [-0.2, 0) is 6.54 Å².